The zero-order chi connectivity index (χ0) is 22.3. The van der Waals surface area contributed by atoms with Gasteiger partial charge >= 0.3 is 6.01 Å². The first-order chi connectivity index (χ1) is 15.7. The Balaban J connectivity index is 1.54. The molecule has 9 heteroatoms. The molecule has 0 aliphatic rings. The minimum absolute atomic E-state index is 0.212. The predicted molar refractivity (Wildman–Crippen MR) is 117 cm³/mol. The Morgan fingerprint density at radius 1 is 1.06 bits per heavy atom. The van der Waals surface area contributed by atoms with Crippen molar-refractivity contribution >= 4 is 11.6 Å². The Hall–Kier alpha value is -4.11. The molecular weight excluding hydrogens is 412 g/mol. The second-order valence-corrected chi connectivity index (χ2v) is 6.68. The number of carbonyl (C=O) groups is 1. The van der Waals surface area contributed by atoms with E-state index in [1.165, 1.54) is 0 Å². The van der Waals surface area contributed by atoms with Crippen LogP contribution in [0.1, 0.15) is 10.4 Å². The van der Waals surface area contributed by atoms with Gasteiger partial charge in [0.15, 0.2) is 5.76 Å². The van der Waals surface area contributed by atoms with Crippen molar-refractivity contribution in [3.05, 3.63) is 72.5 Å². The monoisotopic (exact) mass is 434 g/mol. The number of hydrogen-bond acceptors (Lipinski definition) is 7. The van der Waals surface area contributed by atoms with Crippen LogP contribution in [0.15, 0.2) is 71.3 Å². The highest BCUT2D eigenvalue weighted by Crippen LogP contribution is 2.25. The van der Waals surface area contributed by atoms with Crippen LogP contribution >= 0.6 is 0 Å². The van der Waals surface area contributed by atoms with Crippen LogP contribution in [0.2, 0.25) is 0 Å². The third kappa shape index (κ3) is 4.79. The summed E-state index contributed by atoms with van der Waals surface area (Å²) < 4.78 is 22.8. The Labute approximate surface area is 184 Å². The molecule has 0 aliphatic carbocycles. The summed E-state index contributed by atoms with van der Waals surface area (Å²) in [6.45, 7) is 0.750. The fourth-order valence-electron chi connectivity index (χ4n) is 2.97. The quantitative estimate of drug-likeness (QED) is 0.400. The summed E-state index contributed by atoms with van der Waals surface area (Å²) in [5.74, 6) is 1.43. The average Bonchev–Trinajstić information content (AvgIpc) is 3.50. The number of aromatic nitrogens is 3. The van der Waals surface area contributed by atoms with E-state index in [2.05, 4.69) is 15.4 Å². The number of methoxy groups -OCH3 is 2. The Morgan fingerprint density at radius 2 is 1.91 bits per heavy atom. The van der Waals surface area contributed by atoms with E-state index in [0.29, 0.717) is 41.8 Å². The highest BCUT2D eigenvalue weighted by Gasteiger charge is 2.17. The summed E-state index contributed by atoms with van der Waals surface area (Å²) in [4.78, 5) is 17.0. The number of benzene rings is 2. The number of anilines is 1. The Morgan fingerprint density at radius 3 is 2.62 bits per heavy atom. The largest absolute Gasteiger partial charge is 0.497 e. The van der Waals surface area contributed by atoms with Crippen molar-refractivity contribution < 1.29 is 23.4 Å². The third-order valence-corrected chi connectivity index (χ3v) is 4.55. The Kier molecular flexibility index (Phi) is 6.47. The highest BCUT2D eigenvalue weighted by atomic mass is 16.5. The van der Waals surface area contributed by atoms with Crippen molar-refractivity contribution in [2.24, 2.45) is 0 Å². The molecule has 2 heterocycles. The predicted octanol–water partition coefficient (Wildman–Crippen LogP) is 3.81. The number of nitrogens with one attached hydrogen (secondary N) is 1. The molecule has 0 atom stereocenters. The van der Waals surface area contributed by atoms with E-state index >= 15 is 0 Å². The number of nitrogens with zero attached hydrogens (tertiary/aromatic N) is 3. The molecule has 32 heavy (non-hydrogen) atoms. The van der Waals surface area contributed by atoms with Crippen molar-refractivity contribution in [3.8, 4) is 29.0 Å². The molecule has 0 unspecified atom stereocenters. The summed E-state index contributed by atoms with van der Waals surface area (Å²) in [7, 11) is 3.16. The zero-order valence-electron chi connectivity index (χ0n) is 17.6. The molecule has 0 aliphatic heterocycles. The molecule has 164 valence electrons. The topological polar surface area (TPSA) is 101 Å². The fourth-order valence-corrected chi connectivity index (χ4v) is 2.97. The molecule has 0 radical (unpaired) electrons. The fraction of sp³-hybridized carbons (Fsp3) is 0.174. The van der Waals surface area contributed by atoms with Gasteiger partial charge in [0.05, 0.1) is 25.7 Å². The molecule has 2 aromatic carbocycles. The van der Waals surface area contributed by atoms with Crippen LogP contribution in [0.5, 0.6) is 11.8 Å². The normalized spacial score (nSPS) is 10.7. The first-order valence-electron chi connectivity index (χ1n) is 9.86. The van der Waals surface area contributed by atoms with Crippen molar-refractivity contribution in [1.29, 1.82) is 0 Å². The van der Waals surface area contributed by atoms with E-state index in [1.807, 2.05) is 12.1 Å². The van der Waals surface area contributed by atoms with Gasteiger partial charge in [0, 0.05) is 18.4 Å². The standard InChI is InChI=1S/C23H22N4O5/c1-29-13-14-32-23-25-21(20-7-4-12-31-20)27(26-23)18-10-8-17(9-11-18)24-22(28)16-5-3-6-19(15-16)30-2/h3-12,15H,13-14H2,1-2H3,(H,24,28). The minimum Gasteiger partial charge on any atom is -0.497 e. The summed E-state index contributed by atoms with van der Waals surface area (Å²) >= 11 is 0. The summed E-state index contributed by atoms with van der Waals surface area (Å²) in [5.41, 5.74) is 1.87. The minimum atomic E-state index is -0.234. The lowest BCUT2D eigenvalue weighted by Gasteiger charge is -2.08. The van der Waals surface area contributed by atoms with Gasteiger partial charge in [0.1, 0.15) is 12.4 Å². The van der Waals surface area contributed by atoms with Gasteiger partial charge in [-0.15, -0.1) is 5.10 Å². The van der Waals surface area contributed by atoms with Crippen molar-refractivity contribution in [2.45, 2.75) is 0 Å². The van der Waals surface area contributed by atoms with Gasteiger partial charge in [-0.3, -0.25) is 4.79 Å². The van der Waals surface area contributed by atoms with E-state index in [4.69, 9.17) is 18.6 Å². The van der Waals surface area contributed by atoms with Gasteiger partial charge in [-0.05, 0) is 54.6 Å². The molecule has 4 rings (SSSR count). The smallest absolute Gasteiger partial charge is 0.336 e. The van der Waals surface area contributed by atoms with E-state index in [1.54, 1.807) is 73.7 Å². The van der Waals surface area contributed by atoms with Crippen molar-refractivity contribution in [3.63, 3.8) is 0 Å². The molecule has 9 nitrogen and oxygen atoms in total. The number of hydrogen-bond donors (Lipinski definition) is 1. The molecule has 0 saturated carbocycles. The molecule has 2 aromatic heterocycles. The first kappa shape index (κ1) is 21.1. The summed E-state index contributed by atoms with van der Waals surface area (Å²) in [6.07, 6.45) is 1.57. The lowest BCUT2D eigenvalue weighted by molar-refractivity contribution is 0.102. The SMILES string of the molecule is COCCOc1nc(-c2ccco2)n(-c2ccc(NC(=O)c3cccc(OC)c3)cc2)n1. The third-order valence-electron chi connectivity index (χ3n) is 4.55. The van der Waals surface area contributed by atoms with E-state index < -0.39 is 0 Å². The molecule has 1 amide bonds. The van der Waals surface area contributed by atoms with E-state index in [0.717, 1.165) is 5.69 Å². The maximum absolute atomic E-state index is 12.5. The maximum atomic E-state index is 12.5. The van der Waals surface area contributed by atoms with Crippen LogP contribution in [0.3, 0.4) is 0 Å². The van der Waals surface area contributed by atoms with Gasteiger partial charge < -0.3 is 23.9 Å². The number of ether oxygens (including phenoxy) is 3. The van der Waals surface area contributed by atoms with Crippen LogP contribution < -0.4 is 14.8 Å². The number of carbonyl (C=O) groups excluding carboxylic acids is 1. The van der Waals surface area contributed by atoms with Crippen LogP contribution in [-0.2, 0) is 4.74 Å². The maximum Gasteiger partial charge on any atom is 0.336 e. The molecule has 1 N–H and O–H groups in total. The van der Waals surface area contributed by atoms with Gasteiger partial charge in [-0.25, -0.2) is 4.68 Å². The van der Waals surface area contributed by atoms with Crippen LogP contribution in [0, 0.1) is 0 Å². The molecule has 0 bridgehead atoms. The number of rotatable bonds is 9. The van der Waals surface area contributed by atoms with Crippen LogP contribution in [-0.4, -0.2) is 48.1 Å². The summed E-state index contributed by atoms with van der Waals surface area (Å²) in [5, 5.41) is 7.31. The van der Waals surface area contributed by atoms with E-state index in [-0.39, 0.29) is 11.9 Å². The lowest BCUT2D eigenvalue weighted by atomic mass is 10.2. The Bertz CT molecular complexity index is 1170. The highest BCUT2D eigenvalue weighted by molar-refractivity contribution is 6.04. The summed E-state index contributed by atoms with van der Waals surface area (Å²) in [6, 6.07) is 17.9. The second kappa shape index (κ2) is 9.80. The number of amides is 1. The molecule has 0 spiro atoms. The van der Waals surface area contributed by atoms with Gasteiger partial charge in [0.25, 0.3) is 5.91 Å². The molecular formula is C23H22N4O5. The molecule has 0 saturated heterocycles. The van der Waals surface area contributed by atoms with Crippen molar-refractivity contribution in [2.75, 3.05) is 32.8 Å². The van der Waals surface area contributed by atoms with Gasteiger partial charge in [-0.2, -0.15) is 4.98 Å². The molecule has 0 fully saturated rings. The number of furan rings is 1. The average molecular weight is 434 g/mol. The van der Waals surface area contributed by atoms with Crippen LogP contribution in [0.25, 0.3) is 17.3 Å². The van der Waals surface area contributed by atoms with Gasteiger partial charge in [0.2, 0.25) is 5.82 Å². The van der Waals surface area contributed by atoms with Crippen LogP contribution in [0.4, 0.5) is 5.69 Å². The van der Waals surface area contributed by atoms with Crippen molar-refractivity contribution in [1.82, 2.24) is 14.8 Å². The lowest BCUT2D eigenvalue weighted by Crippen LogP contribution is -2.12. The first-order valence-corrected chi connectivity index (χ1v) is 9.86. The van der Waals surface area contributed by atoms with Gasteiger partial charge in [-0.1, -0.05) is 6.07 Å². The zero-order valence-corrected chi connectivity index (χ0v) is 17.6. The second-order valence-electron chi connectivity index (χ2n) is 6.68. The molecule has 4 aromatic rings. The van der Waals surface area contributed by atoms with E-state index in [9.17, 15) is 4.79 Å².